The van der Waals surface area contributed by atoms with Crippen LogP contribution in [0.4, 0.5) is 4.39 Å². The fraction of sp³-hybridized carbons (Fsp3) is 0.571. The van der Waals surface area contributed by atoms with Gasteiger partial charge in [-0.3, -0.25) is 0 Å². The number of rotatable bonds is 6. The molecule has 1 aromatic rings. The molecule has 96 valence electrons. The third-order valence-electron chi connectivity index (χ3n) is 2.82. The molecule has 1 N–H and O–H groups in total. The Hall–Kier alpha value is -0.600. The van der Waals surface area contributed by atoms with E-state index in [1.54, 1.807) is 12.1 Å². The van der Waals surface area contributed by atoms with Crippen LogP contribution in [0.1, 0.15) is 39.2 Å². The van der Waals surface area contributed by atoms with Crippen LogP contribution in [0.5, 0.6) is 0 Å². The van der Waals surface area contributed by atoms with Gasteiger partial charge in [0.05, 0.1) is 5.02 Å². The Morgan fingerprint density at radius 3 is 2.53 bits per heavy atom. The first kappa shape index (κ1) is 14.5. The molecular weight excluding hydrogens is 237 g/mol. The highest BCUT2D eigenvalue weighted by Gasteiger charge is 2.05. The molecule has 17 heavy (non-hydrogen) atoms. The van der Waals surface area contributed by atoms with Gasteiger partial charge in [-0.05, 0) is 43.4 Å². The van der Waals surface area contributed by atoms with Crippen LogP contribution in [-0.2, 0) is 6.54 Å². The number of halogens is 2. The van der Waals surface area contributed by atoms with E-state index in [0.29, 0.717) is 6.04 Å². The van der Waals surface area contributed by atoms with Crippen molar-refractivity contribution >= 4 is 11.6 Å². The third kappa shape index (κ3) is 5.51. The van der Waals surface area contributed by atoms with Crippen molar-refractivity contribution in [2.45, 2.75) is 46.2 Å². The van der Waals surface area contributed by atoms with Crippen molar-refractivity contribution in [3.63, 3.8) is 0 Å². The van der Waals surface area contributed by atoms with Gasteiger partial charge in [-0.1, -0.05) is 31.5 Å². The van der Waals surface area contributed by atoms with Gasteiger partial charge in [0.25, 0.3) is 0 Å². The Morgan fingerprint density at radius 2 is 1.94 bits per heavy atom. The minimum Gasteiger partial charge on any atom is -0.310 e. The number of benzene rings is 1. The van der Waals surface area contributed by atoms with Gasteiger partial charge < -0.3 is 5.32 Å². The molecule has 0 aliphatic rings. The van der Waals surface area contributed by atoms with E-state index in [2.05, 4.69) is 26.1 Å². The lowest BCUT2D eigenvalue weighted by atomic mass is 10.0. The summed E-state index contributed by atoms with van der Waals surface area (Å²) in [5, 5.41) is 3.61. The molecule has 0 aromatic heterocycles. The van der Waals surface area contributed by atoms with E-state index in [1.165, 1.54) is 12.5 Å². The number of hydrogen-bond donors (Lipinski definition) is 1. The summed E-state index contributed by atoms with van der Waals surface area (Å²) in [6, 6.07) is 5.34. The summed E-state index contributed by atoms with van der Waals surface area (Å²) in [4.78, 5) is 0. The van der Waals surface area contributed by atoms with Crippen LogP contribution >= 0.6 is 11.6 Å². The first-order valence-electron chi connectivity index (χ1n) is 6.16. The van der Waals surface area contributed by atoms with Crippen LogP contribution in [-0.4, -0.2) is 6.04 Å². The van der Waals surface area contributed by atoms with Crippen molar-refractivity contribution in [2.75, 3.05) is 0 Å². The molecule has 0 fully saturated rings. The van der Waals surface area contributed by atoms with Crippen LogP contribution in [0.2, 0.25) is 5.02 Å². The normalized spacial score (nSPS) is 13.1. The second-order valence-electron chi connectivity index (χ2n) is 5.00. The van der Waals surface area contributed by atoms with E-state index >= 15 is 0 Å². The molecule has 0 heterocycles. The van der Waals surface area contributed by atoms with E-state index in [4.69, 9.17) is 11.6 Å². The lowest BCUT2D eigenvalue weighted by Crippen LogP contribution is -2.25. The molecule has 0 aliphatic carbocycles. The predicted octanol–water partition coefficient (Wildman–Crippen LogP) is 4.39. The van der Waals surface area contributed by atoms with Crippen molar-refractivity contribution in [2.24, 2.45) is 5.92 Å². The van der Waals surface area contributed by atoms with Crippen LogP contribution in [0, 0.1) is 11.7 Å². The zero-order valence-corrected chi connectivity index (χ0v) is 11.5. The van der Waals surface area contributed by atoms with E-state index < -0.39 is 0 Å². The molecule has 0 saturated heterocycles. The molecule has 0 amide bonds. The largest absolute Gasteiger partial charge is 0.310 e. The maximum atomic E-state index is 13.0. The van der Waals surface area contributed by atoms with Crippen molar-refractivity contribution in [3.05, 3.63) is 34.6 Å². The van der Waals surface area contributed by atoms with Gasteiger partial charge in [-0.25, -0.2) is 4.39 Å². The third-order valence-corrected chi connectivity index (χ3v) is 3.11. The van der Waals surface area contributed by atoms with Crippen molar-refractivity contribution in [1.82, 2.24) is 5.32 Å². The van der Waals surface area contributed by atoms with E-state index in [9.17, 15) is 4.39 Å². The monoisotopic (exact) mass is 257 g/mol. The van der Waals surface area contributed by atoms with Gasteiger partial charge in [0, 0.05) is 12.6 Å². The van der Waals surface area contributed by atoms with Gasteiger partial charge in [0.2, 0.25) is 0 Å². The molecule has 1 rings (SSSR count). The van der Waals surface area contributed by atoms with Crippen LogP contribution in [0.25, 0.3) is 0 Å². The first-order chi connectivity index (χ1) is 7.99. The molecule has 3 heteroatoms. The summed E-state index contributed by atoms with van der Waals surface area (Å²) >= 11 is 5.73. The molecule has 0 spiro atoms. The lowest BCUT2D eigenvalue weighted by molar-refractivity contribution is 0.450. The summed E-state index contributed by atoms with van der Waals surface area (Å²) in [5.41, 5.74) is 1.02. The molecule has 0 aliphatic heterocycles. The second-order valence-corrected chi connectivity index (χ2v) is 5.41. The van der Waals surface area contributed by atoms with Crippen molar-refractivity contribution in [1.29, 1.82) is 0 Å². The van der Waals surface area contributed by atoms with E-state index in [0.717, 1.165) is 24.4 Å². The fourth-order valence-corrected chi connectivity index (χ4v) is 1.83. The SMILES string of the molecule is CC(C)CCC(C)NCc1ccc(F)c(Cl)c1. The number of nitrogens with one attached hydrogen (secondary N) is 1. The average molecular weight is 258 g/mol. The maximum absolute atomic E-state index is 13.0. The highest BCUT2D eigenvalue weighted by atomic mass is 35.5. The second kappa shape index (κ2) is 6.97. The molecule has 0 saturated carbocycles. The first-order valence-corrected chi connectivity index (χ1v) is 6.54. The van der Waals surface area contributed by atoms with Crippen molar-refractivity contribution < 1.29 is 4.39 Å². The number of hydrogen-bond acceptors (Lipinski definition) is 1. The standard InChI is InChI=1S/C14H21ClFN/c1-10(2)4-5-11(3)17-9-12-6-7-14(16)13(15)8-12/h6-8,10-11,17H,4-5,9H2,1-3H3. The summed E-state index contributed by atoms with van der Waals surface area (Å²) in [7, 11) is 0. The molecular formula is C14H21ClFN. The highest BCUT2D eigenvalue weighted by Crippen LogP contribution is 2.16. The molecule has 0 radical (unpaired) electrons. The molecule has 1 atom stereocenters. The van der Waals surface area contributed by atoms with Gasteiger partial charge >= 0.3 is 0 Å². The minimum absolute atomic E-state index is 0.194. The minimum atomic E-state index is -0.358. The summed E-state index contributed by atoms with van der Waals surface area (Å²) in [6.07, 6.45) is 2.38. The van der Waals surface area contributed by atoms with Gasteiger partial charge in [-0.2, -0.15) is 0 Å². The Bertz CT molecular complexity index is 352. The Labute approximate surface area is 108 Å². The van der Waals surface area contributed by atoms with Gasteiger partial charge in [-0.15, -0.1) is 0 Å². The van der Waals surface area contributed by atoms with E-state index in [-0.39, 0.29) is 10.8 Å². The Kier molecular flexibility index (Phi) is 5.93. The zero-order valence-electron chi connectivity index (χ0n) is 10.8. The molecule has 1 nitrogen and oxygen atoms in total. The highest BCUT2D eigenvalue weighted by molar-refractivity contribution is 6.30. The maximum Gasteiger partial charge on any atom is 0.141 e. The van der Waals surface area contributed by atoms with Crippen molar-refractivity contribution in [3.8, 4) is 0 Å². The Balaban J connectivity index is 2.36. The lowest BCUT2D eigenvalue weighted by Gasteiger charge is -2.15. The average Bonchev–Trinajstić information content (AvgIpc) is 2.28. The quantitative estimate of drug-likeness (QED) is 0.797. The van der Waals surface area contributed by atoms with Crippen LogP contribution < -0.4 is 5.32 Å². The van der Waals surface area contributed by atoms with Crippen LogP contribution in [0.3, 0.4) is 0 Å². The topological polar surface area (TPSA) is 12.0 Å². The van der Waals surface area contributed by atoms with Gasteiger partial charge in [0.1, 0.15) is 5.82 Å². The van der Waals surface area contributed by atoms with Gasteiger partial charge in [0.15, 0.2) is 0 Å². The predicted molar refractivity (Wildman–Crippen MR) is 71.8 cm³/mol. The van der Waals surface area contributed by atoms with E-state index in [1.807, 2.05) is 0 Å². The zero-order chi connectivity index (χ0) is 12.8. The molecule has 0 bridgehead atoms. The Morgan fingerprint density at radius 1 is 1.24 bits per heavy atom. The summed E-state index contributed by atoms with van der Waals surface area (Å²) in [5.74, 6) is 0.378. The molecule has 1 unspecified atom stereocenters. The fourth-order valence-electron chi connectivity index (χ4n) is 1.63. The van der Waals surface area contributed by atoms with Crippen LogP contribution in [0.15, 0.2) is 18.2 Å². The summed E-state index contributed by atoms with van der Waals surface area (Å²) < 4.78 is 13.0. The summed E-state index contributed by atoms with van der Waals surface area (Å²) in [6.45, 7) is 7.37. The smallest absolute Gasteiger partial charge is 0.141 e. The molecule has 1 aromatic carbocycles.